The Morgan fingerprint density at radius 1 is 1.05 bits per heavy atom. The first-order valence-corrected chi connectivity index (χ1v) is 8.03. The lowest BCUT2D eigenvalue weighted by atomic mass is 10.1. The molecule has 0 heterocycles. The van der Waals surface area contributed by atoms with Crippen LogP contribution >= 0.6 is 22.6 Å². The summed E-state index contributed by atoms with van der Waals surface area (Å²) in [6, 6.07) is 15.4. The molecule has 0 spiro atoms. The van der Waals surface area contributed by atoms with E-state index in [0.29, 0.717) is 12.3 Å². The molecular weight excluding hydrogens is 393 g/mol. The van der Waals surface area contributed by atoms with E-state index in [1.165, 1.54) is 0 Å². The van der Waals surface area contributed by atoms with Crippen molar-refractivity contribution in [2.75, 3.05) is 20.3 Å². The van der Waals surface area contributed by atoms with Crippen LogP contribution in [0.5, 0.6) is 11.5 Å². The first-order chi connectivity index (χ1) is 10.7. The molecule has 0 aliphatic carbocycles. The zero-order valence-corrected chi connectivity index (χ0v) is 14.5. The summed E-state index contributed by atoms with van der Waals surface area (Å²) in [6.07, 6.45) is 0.777. The third kappa shape index (κ3) is 5.55. The van der Waals surface area contributed by atoms with Crippen molar-refractivity contribution in [1.82, 2.24) is 5.32 Å². The Hall–Kier alpha value is -1.76. The van der Waals surface area contributed by atoms with Gasteiger partial charge in [-0.3, -0.25) is 4.79 Å². The number of carbonyl (C=O) groups is 1. The largest absolute Gasteiger partial charge is 0.497 e. The summed E-state index contributed by atoms with van der Waals surface area (Å²) in [5.41, 5.74) is 1.15. The van der Waals surface area contributed by atoms with Crippen LogP contribution in [-0.4, -0.2) is 26.2 Å². The lowest BCUT2D eigenvalue weighted by Crippen LogP contribution is -2.30. The van der Waals surface area contributed by atoms with Crippen molar-refractivity contribution in [3.63, 3.8) is 0 Å². The van der Waals surface area contributed by atoms with Crippen molar-refractivity contribution in [3.8, 4) is 11.5 Å². The molecule has 0 bridgehead atoms. The number of carbonyl (C=O) groups excluding carboxylic acids is 1. The zero-order valence-electron chi connectivity index (χ0n) is 12.3. The molecule has 2 aromatic carbocycles. The Morgan fingerprint density at radius 3 is 2.32 bits per heavy atom. The van der Waals surface area contributed by atoms with Crippen molar-refractivity contribution < 1.29 is 14.3 Å². The Morgan fingerprint density at radius 2 is 1.68 bits per heavy atom. The first kappa shape index (κ1) is 16.6. The molecule has 0 radical (unpaired) electrons. The maximum Gasteiger partial charge on any atom is 0.257 e. The molecule has 22 heavy (non-hydrogen) atoms. The second-order valence-corrected chi connectivity index (χ2v) is 5.94. The van der Waals surface area contributed by atoms with Crippen LogP contribution in [0.15, 0.2) is 48.5 Å². The molecule has 0 aromatic heterocycles. The molecule has 116 valence electrons. The van der Waals surface area contributed by atoms with Gasteiger partial charge < -0.3 is 14.8 Å². The van der Waals surface area contributed by atoms with E-state index in [1.807, 2.05) is 48.5 Å². The minimum absolute atomic E-state index is 0.0310. The van der Waals surface area contributed by atoms with Crippen LogP contribution in [0.4, 0.5) is 0 Å². The summed E-state index contributed by atoms with van der Waals surface area (Å²) in [7, 11) is 1.64. The van der Waals surface area contributed by atoms with Crippen LogP contribution in [-0.2, 0) is 11.2 Å². The van der Waals surface area contributed by atoms with E-state index in [4.69, 9.17) is 9.47 Å². The van der Waals surface area contributed by atoms with Crippen molar-refractivity contribution in [1.29, 1.82) is 0 Å². The summed E-state index contributed by atoms with van der Waals surface area (Å²) in [4.78, 5) is 11.7. The van der Waals surface area contributed by atoms with Crippen LogP contribution in [0.25, 0.3) is 0 Å². The zero-order chi connectivity index (χ0) is 15.8. The summed E-state index contributed by atoms with van der Waals surface area (Å²) in [5.74, 6) is 1.41. The SMILES string of the molecule is COc1ccc(CCNC(=O)COc2ccc(I)cc2)cc1. The van der Waals surface area contributed by atoms with Crippen molar-refractivity contribution in [3.05, 3.63) is 57.7 Å². The lowest BCUT2D eigenvalue weighted by molar-refractivity contribution is -0.123. The minimum atomic E-state index is -0.118. The Kier molecular flexibility index (Phi) is 6.51. The van der Waals surface area contributed by atoms with Crippen molar-refractivity contribution in [2.45, 2.75) is 6.42 Å². The van der Waals surface area contributed by atoms with Crippen LogP contribution in [0.3, 0.4) is 0 Å². The second-order valence-electron chi connectivity index (χ2n) is 4.69. The highest BCUT2D eigenvalue weighted by Crippen LogP contribution is 2.13. The lowest BCUT2D eigenvalue weighted by Gasteiger charge is -2.08. The fourth-order valence-corrected chi connectivity index (χ4v) is 2.23. The number of rotatable bonds is 7. The molecular formula is C17H18INO3. The summed E-state index contributed by atoms with van der Waals surface area (Å²) in [5, 5.41) is 2.84. The van der Waals surface area contributed by atoms with Gasteiger partial charge in [-0.05, 0) is 71.0 Å². The van der Waals surface area contributed by atoms with Gasteiger partial charge in [-0.1, -0.05) is 12.1 Å². The van der Waals surface area contributed by atoms with Crippen LogP contribution < -0.4 is 14.8 Å². The third-order valence-corrected chi connectivity index (χ3v) is 3.80. The van der Waals surface area contributed by atoms with Gasteiger partial charge in [0.25, 0.3) is 5.91 Å². The highest BCUT2D eigenvalue weighted by atomic mass is 127. The van der Waals surface area contributed by atoms with E-state index in [1.54, 1.807) is 7.11 Å². The monoisotopic (exact) mass is 411 g/mol. The van der Waals surface area contributed by atoms with Crippen molar-refractivity contribution >= 4 is 28.5 Å². The van der Waals surface area contributed by atoms with Crippen LogP contribution in [0.1, 0.15) is 5.56 Å². The second kappa shape index (κ2) is 8.63. The van der Waals surface area contributed by atoms with Gasteiger partial charge in [0.1, 0.15) is 11.5 Å². The molecule has 4 nitrogen and oxygen atoms in total. The fraction of sp³-hybridized carbons (Fsp3) is 0.235. The minimum Gasteiger partial charge on any atom is -0.497 e. The number of ether oxygens (including phenoxy) is 2. The van der Waals surface area contributed by atoms with Crippen molar-refractivity contribution in [2.24, 2.45) is 0 Å². The van der Waals surface area contributed by atoms with E-state index < -0.39 is 0 Å². The maximum atomic E-state index is 11.7. The molecule has 5 heteroatoms. The normalized spacial score (nSPS) is 10.1. The molecule has 2 aromatic rings. The molecule has 0 unspecified atom stereocenters. The quantitative estimate of drug-likeness (QED) is 0.713. The van der Waals surface area contributed by atoms with Gasteiger partial charge >= 0.3 is 0 Å². The van der Waals surface area contributed by atoms with Gasteiger partial charge in [0.2, 0.25) is 0 Å². The van der Waals surface area contributed by atoms with Gasteiger partial charge in [0.05, 0.1) is 7.11 Å². The number of hydrogen-bond donors (Lipinski definition) is 1. The summed E-state index contributed by atoms with van der Waals surface area (Å²) >= 11 is 2.22. The van der Waals surface area contributed by atoms with Gasteiger partial charge in [-0.2, -0.15) is 0 Å². The number of amides is 1. The van der Waals surface area contributed by atoms with E-state index in [-0.39, 0.29) is 12.5 Å². The molecule has 0 fully saturated rings. The standard InChI is InChI=1S/C17H18INO3/c1-21-15-6-2-13(3-7-15)10-11-19-17(20)12-22-16-8-4-14(18)5-9-16/h2-9H,10-12H2,1H3,(H,19,20). The Labute approximate surface area is 144 Å². The fourth-order valence-electron chi connectivity index (χ4n) is 1.87. The molecule has 1 N–H and O–H groups in total. The molecule has 0 aliphatic rings. The Balaban J connectivity index is 1.67. The van der Waals surface area contributed by atoms with E-state index in [2.05, 4.69) is 27.9 Å². The van der Waals surface area contributed by atoms with Crippen LogP contribution in [0.2, 0.25) is 0 Å². The van der Waals surface area contributed by atoms with Gasteiger partial charge in [0.15, 0.2) is 6.61 Å². The number of methoxy groups -OCH3 is 1. The molecule has 0 atom stereocenters. The first-order valence-electron chi connectivity index (χ1n) is 6.95. The van der Waals surface area contributed by atoms with E-state index >= 15 is 0 Å². The maximum absolute atomic E-state index is 11.7. The average molecular weight is 411 g/mol. The highest BCUT2D eigenvalue weighted by Gasteiger charge is 2.03. The Bertz CT molecular complexity index is 596. The molecule has 2 rings (SSSR count). The van der Waals surface area contributed by atoms with Gasteiger partial charge in [-0.15, -0.1) is 0 Å². The molecule has 0 saturated heterocycles. The molecule has 0 saturated carbocycles. The highest BCUT2D eigenvalue weighted by molar-refractivity contribution is 14.1. The third-order valence-electron chi connectivity index (χ3n) is 3.08. The van der Waals surface area contributed by atoms with Gasteiger partial charge in [-0.25, -0.2) is 0 Å². The number of halogens is 1. The summed E-state index contributed by atoms with van der Waals surface area (Å²) in [6.45, 7) is 0.615. The predicted octanol–water partition coefficient (Wildman–Crippen LogP) is 3.04. The summed E-state index contributed by atoms with van der Waals surface area (Å²) < 4.78 is 11.7. The predicted molar refractivity (Wildman–Crippen MR) is 94.4 cm³/mol. The van der Waals surface area contributed by atoms with E-state index in [9.17, 15) is 4.79 Å². The van der Waals surface area contributed by atoms with Crippen LogP contribution in [0, 0.1) is 3.57 Å². The number of hydrogen-bond acceptors (Lipinski definition) is 3. The molecule has 0 aliphatic heterocycles. The van der Waals surface area contributed by atoms with E-state index in [0.717, 1.165) is 21.3 Å². The average Bonchev–Trinajstić information content (AvgIpc) is 2.55. The molecule has 1 amide bonds. The number of nitrogens with one attached hydrogen (secondary N) is 1. The topological polar surface area (TPSA) is 47.6 Å². The smallest absolute Gasteiger partial charge is 0.257 e. The number of benzene rings is 2. The van der Waals surface area contributed by atoms with Gasteiger partial charge in [0, 0.05) is 10.1 Å².